The second-order valence-corrected chi connectivity index (χ2v) is 12.7. The summed E-state index contributed by atoms with van der Waals surface area (Å²) in [5.41, 5.74) is 7.88. The monoisotopic (exact) mass is 537 g/mol. The van der Waals surface area contributed by atoms with Crippen molar-refractivity contribution in [1.29, 1.82) is 0 Å². The van der Waals surface area contributed by atoms with Gasteiger partial charge in [-0.25, -0.2) is 0 Å². The summed E-state index contributed by atoms with van der Waals surface area (Å²) < 4.78 is 0. The van der Waals surface area contributed by atoms with Crippen molar-refractivity contribution in [2.75, 3.05) is 11.4 Å². The number of hydrogen-bond donors (Lipinski definition) is 0. The van der Waals surface area contributed by atoms with Gasteiger partial charge in [-0.3, -0.25) is 0 Å². The van der Waals surface area contributed by atoms with E-state index in [-0.39, 0.29) is 10.8 Å². The third-order valence-corrected chi connectivity index (χ3v) is 8.93. The largest absolute Gasteiger partial charge is 0.344 e. The van der Waals surface area contributed by atoms with Gasteiger partial charge in [0.05, 0.1) is 0 Å². The molecule has 3 rings (SSSR count). The van der Waals surface area contributed by atoms with Gasteiger partial charge in [0.2, 0.25) is 0 Å². The number of hydrogen-bond acceptors (Lipinski definition) is 1. The van der Waals surface area contributed by atoms with Crippen LogP contribution in [-0.4, -0.2) is 6.54 Å². The molecule has 1 aliphatic heterocycles. The molecule has 0 bridgehead atoms. The van der Waals surface area contributed by atoms with Gasteiger partial charge in [-0.15, -0.1) is 0 Å². The van der Waals surface area contributed by atoms with E-state index >= 15 is 0 Å². The third-order valence-electron chi connectivity index (χ3n) is 8.93. The van der Waals surface area contributed by atoms with Crippen molar-refractivity contribution >= 4 is 5.69 Å². The zero-order chi connectivity index (χ0) is 29.0. The molecule has 0 saturated carbocycles. The molecule has 0 unspecified atom stereocenters. The summed E-state index contributed by atoms with van der Waals surface area (Å²) in [5, 5.41) is 0. The fourth-order valence-corrected chi connectivity index (χ4v) is 6.18. The van der Waals surface area contributed by atoms with E-state index in [0.29, 0.717) is 0 Å². The molecule has 0 aliphatic carbocycles. The lowest BCUT2D eigenvalue weighted by Crippen LogP contribution is -2.27. The minimum Gasteiger partial charge on any atom is -0.344 e. The van der Waals surface area contributed by atoms with E-state index in [1.807, 2.05) is 0 Å². The normalized spacial score (nSPS) is 15.9. The molecule has 0 atom stereocenters. The maximum absolute atomic E-state index is 4.41. The van der Waals surface area contributed by atoms with Gasteiger partial charge in [0.15, 0.2) is 0 Å². The van der Waals surface area contributed by atoms with Crippen molar-refractivity contribution in [3.8, 4) is 0 Å². The SMILES string of the molecule is C=C(/C=C/C=C/C=C1\N(CCCCCCCCCCCC)c2ccccc2C1(C)C)C(C)(C)c1ccccc1C. The average molecular weight is 538 g/mol. The number of unbranched alkanes of at least 4 members (excludes halogenated alkanes) is 9. The van der Waals surface area contributed by atoms with Crippen LogP contribution >= 0.6 is 0 Å². The van der Waals surface area contributed by atoms with Crippen molar-refractivity contribution in [3.63, 3.8) is 0 Å². The highest BCUT2D eigenvalue weighted by atomic mass is 15.2. The van der Waals surface area contributed by atoms with Crippen LogP contribution in [0, 0.1) is 6.92 Å². The topological polar surface area (TPSA) is 3.24 Å². The molecule has 0 saturated heterocycles. The molecule has 0 aromatic heterocycles. The number of anilines is 1. The lowest BCUT2D eigenvalue weighted by molar-refractivity contribution is 0.554. The Hall–Kier alpha value is -2.80. The van der Waals surface area contributed by atoms with Crippen molar-refractivity contribution in [2.24, 2.45) is 0 Å². The maximum Gasteiger partial charge on any atom is 0.0450 e. The van der Waals surface area contributed by atoms with Crippen molar-refractivity contribution in [1.82, 2.24) is 0 Å². The Labute approximate surface area is 246 Å². The van der Waals surface area contributed by atoms with E-state index in [9.17, 15) is 0 Å². The van der Waals surface area contributed by atoms with E-state index in [1.165, 1.54) is 92.3 Å². The summed E-state index contributed by atoms with van der Waals surface area (Å²) in [6.45, 7) is 19.2. The molecule has 1 heteroatoms. The first-order valence-electron chi connectivity index (χ1n) is 15.9. The maximum atomic E-state index is 4.41. The Bertz CT molecular complexity index is 1170. The van der Waals surface area contributed by atoms with Crippen LogP contribution in [0.2, 0.25) is 0 Å². The lowest BCUT2D eigenvalue weighted by Gasteiger charge is -2.28. The van der Waals surface area contributed by atoms with Gasteiger partial charge >= 0.3 is 0 Å². The summed E-state index contributed by atoms with van der Waals surface area (Å²) in [7, 11) is 0. The minimum atomic E-state index is -0.102. The van der Waals surface area contributed by atoms with Crippen LogP contribution in [0.25, 0.3) is 0 Å². The first kappa shape index (κ1) is 31.7. The zero-order valence-electron chi connectivity index (χ0n) is 26.4. The molecule has 0 amide bonds. The number of para-hydroxylation sites is 1. The number of nitrogens with zero attached hydrogens (tertiary/aromatic N) is 1. The first-order chi connectivity index (χ1) is 19.2. The first-order valence-corrected chi connectivity index (χ1v) is 15.9. The third kappa shape index (κ3) is 8.12. The molecule has 0 spiro atoms. The molecule has 216 valence electrons. The van der Waals surface area contributed by atoms with Crippen molar-refractivity contribution in [2.45, 2.75) is 117 Å². The van der Waals surface area contributed by atoms with Gasteiger partial charge in [-0.1, -0.05) is 166 Å². The molecule has 0 fully saturated rings. The van der Waals surface area contributed by atoms with Crippen LogP contribution in [0.5, 0.6) is 0 Å². The van der Waals surface area contributed by atoms with E-state index in [2.05, 4.69) is 132 Å². The Balaban J connectivity index is 1.61. The minimum absolute atomic E-state index is 0.000435. The molecule has 2 aromatic rings. The molecule has 0 N–H and O–H groups in total. The van der Waals surface area contributed by atoms with Gasteiger partial charge in [-0.2, -0.15) is 0 Å². The summed E-state index contributed by atoms with van der Waals surface area (Å²) in [5.74, 6) is 0. The molecule has 1 aliphatic rings. The summed E-state index contributed by atoms with van der Waals surface area (Å²) >= 11 is 0. The fourth-order valence-electron chi connectivity index (χ4n) is 6.18. The number of benzene rings is 2. The van der Waals surface area contributed by atoms with E-state index in [0.717, 1.165) is 12.1 Å². The Kier molecular flexibility index (Phi) is 12.1. The number of allylic oxidation sites excluding steroid dienone is 7. The molecular formula is C39H55N. The number of fused-ring (bicyclic) bond motifs is 1. The predicted octanol–water partition coefficient (Wildman–Crippen LogP) is 11.5. The van der Waals surface area contributed by atoms with Gasteiger partial charge in [0.1, 0.15) is 0 Å². The highest BCUT2D eigenvalue weighted by Crippen LogP contribution is 2.47. The second-order valence-electron chi connectivity index (χ2n) is 12.7. The van der Waals surface area contributed by atoms with E-state index in [4.69, 9.17) is 0 Å². The predicted molar refractivity (Wildman–Crippen MR) is 178 cm³/mol. The Morgan fingerprint density at radius 2 is 1.40 bits per heavy atom. The fraction of sp³-hybridized carbons (Fsp3) is 0.487. The van der Waals surface area contributed by atoms with Crippen LogP contribution in [0.4, 0.5) is 5.69 Å². The second kappa shape index (κ2) is 15.3. The molecule has 0 radical (unpaired) electrons. The smallest absolute Gasteiger partial charge is 0.0450 e. The Morgan fingerprint density at radius 1 is 0.800 bits per heavy atom. The molecule has 1 nitrogen and oxygen atoms in total. The van der Waals surface area contributed by atoms with Gasteiger partial charge in [0.25, 0.3) is 0 Å². The molecule has 1 heterocycles. The van der Waals surface area contributed by atoms with E-state index in [1.54, 1.807) is 0 Å². The lowest BCUT2D eigenvalue weighted by atomic mass is 9.76. The molecular weight excluding hydrogens is 482 g/mol. The standard InChI is InChI=1S/C39H55N/c1-8-9-10-11-12-13-14-15-16-24-31-40-36-29-23-22-28-35(36)39(6,7)37(40)30-19-17-18-26-33(3)38(4,5)34-27-21-20-25-32(34)2/h17-23,25-30H,3,8-16,24,31H2,1-2,4-7H3/b19-17+,26-18+,37-30-. The van der Waals surface area contributed by atoms with Crippen LogP contribution < -0.4 is 4.90 Å². The molecule has 2 aromatic carbocycles. The van der Waals surface area contributed by atoms with Gasteiger partial charge in [-0.05, 0) is 47.8 Å². The Morgan fingerprint density at radius 3 is 2.08 bits per heavy atom. The van der Waals surface area contributed by atoms with Crippen LogP contribution in [-0.2, 0) is 10.8 Å². The quantitative estimate of drug-likeness (QED) is 0.152. The van der Waals surface area contributed by atoms with Crippen LogP contribution in [0.1, 0.15) is 116 Å². The average Bonchev–Trinajstić information content (AvgIpc) is 3.15. The highest BCUT2D eigenvalue weighted by Gasteiger charge is 2.39. The summed E-state index contributed by atoms with van der Waals surface area (Å²) in [6, 6.07) is 17.6. The van der Waals surface area contributed by atoms with Gasteiger partial charge < -0.3 is 4.90 Å². The van der Waals surface area contributed by atoms with Crippen molar-refractivity contribution in [3.05, 3.63) is 113 Å². The highest BCUT2D eigenvalue weighted by molar-refractivity contribution is 5.70. The zero-order valence-corrected chi connectivity index (χ0v) is 26.4. The van der Waals surface area contributed by atoms with Crippen LogP contribution in [0.15, 0.2) is 96.8 Å². The van der Waals surface area contributed by atoms with Gasteiger partial charge in [0, 0.05) is 28.8 Å². The summed E-state index contributed by atoms with van der Waals surface area (Å²) in [4.78, 5) is 2.58. The summed E-state index contributed by atoms with van der Waals surface area (Å²) in [6.07, 6.45) is 24.7. The number of rotatable bonds is 16. The van der Waals surface area contributed by atoms with Crippen molar-refractivity contribution < 1.29 is 0 Å². The van der Waals surface area contributed by atoms with E-state index < -0.39 is 0 Å². The molecule has 40 heavy (non-hydrogen) atoms. The number of aryl methyl sites for hydroxylation is 1. The van der Waals surface area contributed by atoms with Crippen LogP contribution in [0.3, 0.4) is 0 Å².